The number of nitrogens with zero attached hydrogens (tertiary/aromatic N) is 1. The van der Waals surface area contributed by atoms with Crippen LogP contribution in [-0.2, 0) is 19.9 Å². The zero-order chi connectivity index (χ0) is 16.4. The van der Waals surface area contributed by atoms with E-state index >= 15 is 0 Å². The molecule has 0 radical (unpaired) electrons. The minimum Gasteiger partial charge on any atom is -0.492 e. The first-order valence-electron chi connectivity index (χ1n) is 6.74. The molecule has 0 aromatic heterocycles. The van der Waals surface area contributed by atoms with Gasteiger partial charge in [-0.2, -0.15) is 0 Å². The largest absolute Gasteiger partial charge is 0.492 e. The summed E-state index contributed by atoms with van der Waals surface area (Å²) in [5, 5.41) is 0. The highest BCUT2D eigenvalue weighted by atomic mass is 32.2. The van der Waals surface area contributed by atoms with Crippen molar-refractivity contribution in [1.82, 2.24) is 4.31 Å². The quantitative estimate of drug-likeness (QED) is 0.752. The van der Waals surface area contributed by atoms with Crippen molar-refractivity contribution in [3.05, 3.63) is 30.1 Å². The lowest BCUT2D eigenvalue weighted by Gasteiger charge is -2.22. The van der Waals surface area contributed by atoms with Gasteiger partial charge < -0.3 is 4.74 Å². The van der Waals surface area contributed by atoms with E-state index in [4.69, 9.17) is 4.74 Å². The molecule has 0 aliphatic carbocycles. The SMILES string of the molecule is CN(C1CCS(=O)(=O)C1)S(=O)(=O)CCOc1ccc(F)cc1. The summed E-state index contributed by atoms with van der Waals surface area (Å²) >= 11 is 0. The standard InChI is InChI=1S/C13H18FNO5S2/c1-15(12-6-8-21(16,17)10-12)22(18,19)9-7-20-13-4-2-11(14)3-5-13/h2-5,12H,6-10H2,1H3. The number of ether oxygens (including phenoxy) is 1. The van der Waals surface area contributed by atoms with Crippen molar-refractivity contribution in [1.29, 1.82) is 0 Å². The number of sulfonamides is 1. The Balaban J connectivity index is 1.89. The van der Waals surface area contributed by atoms with E-state index in [1.807, 2.05) is 0 Å². The van der Waals surface area contributed by atoms with Gasteiger partial charge in [0.2, 0.25) is 10.0 Å². The molecule has 22 heavy (non-hydrogen) atoms. The molecule has 2 rings (SSSR count). The maximum absolute atomic E-state index is 12.7. The smallest absolute Gasteiger partial charge is 0.217 e. The Kier molecular flexibility index (Phi) is 5.08. The molecule has 1 unspecified atom stereocenters. The number of sulfone groups is 1. The van der Waals surface area contributed by atoms with Crippen molar-refractivity contribution in [3.63, 3.8) is 0 Å². The van der Waals surface area contributed by atoms with Crippen molar-refractivity contribution >= 4 is 19.9 Å². The first kappa shape index (κ1) is 17.2. The number of benzene rings is 1. The molecule has 1 aliphatic heterocycles. The second kappa shape index (κ2) is 6.51. The minimum absolute atomic E-state index is 0.0175. The van der Waals surface area contributed by atoms with Gasteiger partial charge in [-0.25, -0.2) is 25.5 Å². The summed E-state index contributed by atoms with van der Waals surface area (Å²) < 4.78 is 66.3. The summed E-state index contributed by atoms with van der Waals surface area (Å²) in [5.41, 5.74) is 0. The topological polar surface area (TPSA) is 80.8 Å². The van der Waals surface area contributed by atoms with Crippen LogP contribution in [0.25, 0.3) is 0 Å². The van der Waals surface area contributed by atoms with Gasteiger partial charge >= 0.3 is 0 Å². The third kappa shape index (κ3) is 4.40. The van der Waals surface area contributed by atoms with Crippen molar-refractivity contribution in [2.75, 3.05) is 30.9 Å². The molecule has 0 N–H and O–H groups in total. The van der Waals surface area contributed by atoms with E-state index in [0.29, 0.717) is 12.2 Å². The average Bonchev–Trinajstić information content (AvgIpc) is 2.80. The highest BCUT2D eigenvalue weighted by Gasteiger charge is 2.35. The van der Waals surface area contributed by atoms with Crippen molar-refractivity contribution in [2.45, 2.75) is 12.5 Å². The lowest BCUT2D eigenvalue weighted by molar-refractivity contribution is 0.331. The first-order valence-corrected chi connectivity index (χ1v) is 10.2. The fourth-order valence-corrected chi connectivity index (χ4v) is 5.31. The second-order valence-corrected chi connectivity index (χ2v) is 9.57. The lowest BCUT2D eigenvalue weighted by atomic mass is 10.3. The zero-order valence-electron chi connectivity index (χ0n) is 12.1. The molecule has 9 heteroatoms. The third-order valence-electron chi connectivity index (χ3n) is 3.59. The average molecular weight is 351 g/mol. The van der Waals surface area contributed by atoms with Crippen LogP contribution in [0.2, 0.25) is 0 Å². The molecule has 1 aromatic carbocycles. The Morgan fingerprint density at radius 1 is 1.32 bits per heavy atom. The van der Waals surface area contributed by atoms with E-state index in [1.165, 1.54) is 31.3 Å². The fourth-order valence-electron chi connectivity index (χ4n) is 2.23. The van der Waals surface area contributed by atoms with Gasteiger partial charge in [-0.1, -0.05) is 0 Å². The van der Waals surface area contributed by atoms with Crippen LogP contribution in [0.4, 0.5) is 4.39 Å². The Morgan fingerprint density at radius 2 is 1.95 bits per heavy atom. The van der Waals surface area contributed by atoms with Gasteiger partial charge in [0, 0.05) is 13.1 Å². The van der Waals surface area contributed by atoms with Gasteiger partial charge in [0.05, 0.1) is 17.3 Å². The van der Waals surface area contributed by atoms with E-state index in [2.05, 4.69) is 0 Å². The van der Waals surface area contributed by atoms with Gasteiger partial charge in [-0.3, -0.25) is 0 Å². The minimum atomic E-state index is -3.60. The molecular weight excluding hydrogens is 333 g/mol. The van der Waals surface area contributed by atoms with E-state index in [9.17, 15) is 21.2 Å². The number of hydrogen-bond acceptors (Lipinski definition) is 5. The molecule has 0 spiro atoms. The fraction of sp³-hybridized carbons (Fsp3) is 0.538. The summed E-state index contributed by atoms with van der Waals surface area (Å²) in [5.74, 6) is -0.410. The molecule has 6 nitrogen and oxygen atoms in total. The molecule has 0 bridgehead atoms. The Bertz CT molecular complexity index is 715. The van der Waals surface area contributed by atoms with Crippen LogP contribution in [0, 0.1) is 5.82 Å². The number of hydrogen-bond donors (Lipinski definition) is 0. The summed E-state index contributed by atoms with van der Waals surface area (Å²) in [6.45, 7) is -0.0855. The van der Waals surface area contributed by atoms with Crippen LogP contribution in [0.5, 0.6) is 5.75 Å². The summed E-state index contributed by atoms with van der Waals surface area (Å²) in [7, 11) is -5.36. The molecule has 1 aliphatic rings. The summed E-state index contributed by atoms with van der Waals surface area (Å²) in [6.07, 6.45) is 0.316. The van der Waals surface area contributed by atoms with Gasteiger partial charge in [-0.05, 0) is 30.7 Å². The molecule has 0 amide bonds. The number of halogens is 1. The van der Waals surface area contributed by atoms with Crippen LogP contribution < -0.4 is 4.74 Å². The van der Waals surface area contributed by atoms with Gasteiger partial charge in [0.1, 0.15) is 18.2 Å². The maximum Gasteiger partial charge on any atom is 0.217 e. The zero-order valence-corrected chi connectivity index (χ0v) is 13.7. The van der Waals surface area contributed by atoms with Crippen LogP contribution in [0.1, 0.15) is 6.42 Å². The predicted octanol–water partition coefficient (Wildman–Crippen LogP) is 0.653. The normalized spacial score (nSPS) is 21.1. The monoisotopic (exact) mass is 351 g/mol. The third-order valence-corrected chi connectivity index (χ3v) is 7.19. The van der Waals surface area contributed by atoms with Gasteiger partial charge in [0.25, 0.3) is 0 Å². The first-order chi connectivity index (χ1) is 10.2. The van der Waals surface area contributed by atoms with Crippen molar-refractivity contribution in [3.8, 4) is 5.75 Å². The van der Waals surface area contributed by atoms with Crippen molar-refractivity contribution in [2.24, 2.45) is 0 Å². The molecule has 1 atom stereocenters. The molecule has 1 heterocycles. The van der Waals surface area contributed by atoms with E-state index in [1.54, 1.807) is 0 Å². The van der Waals surface area contributed by atoms with Crippen LogP contribution in [-0.4, -0.2) is 58.1 Å². The Labute approximate surface area is 129 Å². The molecular formula is C13H18FNO5S2. The van der Waals surface area contributed by atoms with Gasteiger partial charge in [0.15, 0.2) is 9.84 Å². The summed E-state index contributed by atoms with van der Waals surface area (Å²) in [6, 6.07) is 4.75. The van der Waals surface area contributed by atoms with E-state index in [-0.39, 0.29) is 23.9 Å². The molecule has 1 fully saturated rings. The Hall–Kier alpha value is -1.19. The summed E-state index contributed by atoms with van der Waals surface area (Å²) in [4.78, 5) is 0. The van der Waals surface area contributed by atoms with Crippen LogP contribution in [0.15, 0.2) is 24.3 Å². The molecule has 1 saturated heterocycles. The van der Waals surface area contributed by atoms with Crippen molar-refractivity contribution < 1.29 is 26.0 Å². The number of rotatable bonds is 6. The van der Waals surface area contributed by atoms with Gasteiger partial charge in [-0.15, -0.1) is 0 Å². The second-order valence-electron chi connectivity index (χ2n) is 5.19. The highest BCUT2D eigenvalue weighted by Crippen LogP contribution is 2.19. The molecule has 1 aromatic rings. The Morgan fingerprint density at radius 3 is 2.50 bits per heavy atom. The maximum atomic E-state index is 12.7. The molecule has 0 saturated carbocycles. The van der Waals surface area contributed by atoms with Crippen LogP contribution >= 0.6 is 0 Å². The lowest BCUT2D eigenvalue weighted by Crippen LogP contribution is -2.40. The highest BCUT2D eigenvalue weighted by molar-refractivity contribution is 7.92. The molecule has 124 valence electrons. The van der Waals surface area contributed by atoms with Crippen LogP contribution in [0.3, 0.4) is 0 Å². The predicted molar refractivity (Wildman–Crippen MR) is 80.5 cm³/mol. The van der Waals surface area contributed by atoms with E-state index < -0.39 is 31.7 Å². The van der Waals surface area contributed by atoms with E-state index in [0.717, 1.165) is 4.31 Å².